The minimum atomic E-state index is -4.38. The Labute approximate surface area is 259 Å². The largest absolute Gasteiger partial charge is 0.472 e. The quantitative estimate of drug-likeness (QED) is 0.0386. The van der Waals surface area contributed by atoms with Crippen LogP contribution in [0.3, 0.4) is 0 Å². The summed E-state index contributed by atoms with van der Waals surface area (Å²) in [6.45, 7) is 3.42. The zero-order valence-electron chi connectivity index (χ0n) is 26.4. The number of ether oxygens (including phenoxy) is 2. The number of esters is 2. The molecule has 0 amide bonds. The van der Waals surface area contributed by atoms with Crippen molar-refractivity contribution in [3.63, 3.8) is 0 Å². The van der Waals surface area contributed by atoms with Gasteiger partial charge in [0.15, 0.2) is 6.10 Å². The minimum absolute atomic E-state index is 0.0397. The number of carbonyl (C=O) groups excluding carboxylic acids is 2. The van der Waals surface area contributed by atoms with Crippen LogP contribution in [0.15, 0.2) is 60.8 Å². The zero-order chi connectivity index (χ0) is 31.9. The first kappa shape index (κ1) is 40.7. The fraction of sp³-hybridized carbons (Fsp3) is 0.636. The predicted octanol–water partition coefficient (Wildman–Crippen LogP) is 7.82. The van der Waals surface area contributed by atoms with Crippen molar-refractivity contribution < 1.29 is 37.6 Å². The second kappa shape index (κ2) is 29.8. The van der Waals surface area contributed by atoms with Crippen LogP contribution in [-0.2, 0) is 32.7 Å². The van der Waals surface area contributed by atoms with Gasteiger partial charge in [0.25, 0.3) is 0 Å². The normalized spacial score (nSPS) is 14.4. The lowest BCUT2D eigenvalue weighted by atomic mass is 10.1. The molecule has 0 aliphatic carbocycles. The highest BCUT2D eigenvalue weighted by molar-refractivity contribution is 7.47. The summed E-state index contributed by atoms with van der Waals surface area (Å²) in [6.07, 6.45) is 31.3. The van der Waals surface area contributed by atoms with E-state index in [4.69, 9.17) is 24.3 Å². The summed E-state index contributed by atoms with van der Waals surface area (Å²) in [5.41, 5.74) is 5.30. The third kappa shape index (κ3) is 29.6. The standard InChI is InChI=1S/C33H56NO8P/c1-3-5-7-9-11-13-14-15-16-18-20-22-24-26-33(36)42-31(30-41-43(37,38)40-28-27-34)29-39-32(35)25-23-21-19-17-12-10-8-6-4-2/h5,7,9,11,13-16,18,20,31H,3-4,6,8,10,12,17,19,21-30,34H2,1-2H3,(H,37,38)/b7-5+,11-9+,14-13+,16-15+,20-18+. The number of hydrogen-bond acceptors (Lipinski definition) is 8. The van der Waals surface area contributed by atoms with Gasteiger partial charge in [0, 0.05) is 19.4 Å². The Morgan fingerprint density at radius 2 is 1.28 bits per heavy atom. The molecule has 43 heavy (non-hydrogen) atoms. The molecule has 10 heteroatoms. The molecule has 2 unspecified atom stereocenters. The second-order valence-corrected chi connectivity index (χ2v) is 11.5. The molecule has 0 bridgehead atoms. The molecule has 0 saturated heterocycles. The molecule has 0 heterocycles. The number of phosphoric ester groups is 1. The number of rotatable bonds is 28. The van der Waals surface area contributed by atoms with E-state index in [1.807, 2.05) is 54.7 Å². The van der Waals surface area contributed by atoms with E-state index in [0.29, 0.717) is 12.8 Å². The van der Waals surface area contributed by atoms with E-state index in [0.717, 1.165) is 25.7 Å². The molecule has 0 spiro atoms. The van der Waals surface area contributed by atoms with Crippen LogP contribution < -0.4 is 5.73 Å². The molecular formula is C33H56NO8P. The Hall–Kier alpha value is -2.29. The van der Waals surface area contributed by atoms with Gasteiger partial charge >= 0.3 is 19.8 Å². The third-order valence-electron chi connectivity index (χ3n) is 6.05. The molecule has 0 aromatic rings. The third-order valence-corrected chi connectivity index (χ3v) is 7.03. The molecule has 3 N–H and O–H groups in total. The van der Waals surface area contributed by atoms with Crippen molar-refractivity contribution >= 4 is 19.8 Å². The average Bonchev–Trinajstić information content (AvgIpc) is 2.99. The van der Waals surface area contributed by atoms with E-state index in [-0.39, 0.29) is 32.6 Å². The smallest absolute Gasteiger partial charge is 0.462 e. The van der Waals surface area contributed by atoms with Crippen LogP contribution in [0.4, 0.5) is 0 Å². The van der Waals surface area contributed by atoms with Crippen LogP contribution in [0.5, 0.6) is 0 Å². The summed E-state index contributed by atoms with van der Waals surface area (Å²) in [5, 5.41) is 0. The Balaban J connectivity index is 4.50. The SMILES string of the molecule is CC/C=C/C=C/C=C/C=C/C=C/CCCC(=O)OC(COC(=O)CCCCCCCCCCC)COP(=O)(O)OCCN. The second-order valence-electron chi connectivity index (χ2n) is 10.1. The van der Waals surface area contributed by atoms with Crippen molar-refractivity contribution in [3.05, 3.63) is 60.8 Å². The molecule has 246 valence electrons. The van der Waals surface area contributed by atoms with Gasteiger partial charge in [0.05, 0.1) is 13.2 Å². The first-order chi connectivity index (χ1) is 20.8. The van der Waals surface area contributed by atoms with E-state index in [1.165, 1.54) is 38.5 Å². The molecule has 0 aromatic carbocycles. The Kier molecular flexibility index (Phi) is 28.2. The number of phosphoric acid groups is 1. The van der Waals surface area contributed by atoms with Gasteiger partial charge in [-0.1, -0.05) is 126 Å². The van der Waals surface area contributed by atoms with Gasteiger partial charge in [0.2, 0.25) is 0 Å². The summed E-state index contributed by atoms with van der Waals surface area (Å²) < 4.78 is 32.3. The molecular weight excluding hydrogens is 569 g/mol. The maximum absolute atomic E-state index is 12.4. The topological polar surface area (TPSA) is 134 Å². The maximum Gasteiger partial charge on any atom is 0.472 e. The number of allylic oxidation sites excluding steroid dienone is 10. The number of unbranched alkanes of at least 4 members (excludes halogenated alkanes) is 9. The van der Waals surface area contributed by atoms with E-state index < -0.39 is 32.5 Å². The highest BCUT2D eigenvalue weighted by atomic mass is 31.2. The molecule has 0 fully saturated rings. The molecule has 9 nitrogen and oxygen atoms in total. The summed E-state index contributed by atoms with van der Waals surface area (Å²) >= 11 is 0. The summed E-state index contributed by atoms with van der Waals surface area (Å²) in [7, 11) is -4.38. The molecule has 0 aromatic heterocycles. The monoisotopic (exact) mass is 625 g/mol. The van der Waals surface area contributed by atoms with E-state index in [1.54, 1.807) is 0 Å². The summed E-state index contributed by atoms with van der Waals surface area (Å²) in [4.78, 5) is 34.4. The van der Waals surface area contributed by atoms with Crippen molar-refractivity contribution in [2.45, 2.75) is 110 Å². The van der Waals surface area contributed by atoms with Crippen molar-refractivity contribution in [2.75, 3.05) is 26.4 Å². The molecule has 0 aliphatic heterocycles. The number of nitrogens with two attached hydrogens (primary N) is 1. The lowest BCUT2D eigenvalue weighted by Crippen LogP contribution is -2.29. The van der Waals surface area contributed by atoms with Gasteiger partial charge < -0.3 is 20.1 Å². The highest BCUT2D eigenvalue weighted by Gasteiger charge is 2.25. The van der Waals surface area contributed by atoms with Gasteiger partial charge in [-0.15, -0.1) is 0 Å². The van der Waals surface area contributed by atoms with Gasteiger partial charge in [-0.2, -0.15) is 0 Å². The maximum atomic E-state index is 12.4. The van der Waals surface area contributed by atoms with Gasteiger partial charge in [-0.05, 0) is 25.7 Å². The van der Waals surface area contributed by atoms with Gasteiger partial charge in [-0.3, -0.25) is 18.6 Å². The Bertz CT molecular complexity index is 897. The van der Waals surface area contributed by atoms with Gasteiger partial charge in [-0.25, -0.2) is 4.57 Å². The van der Waals surface area contributed by atoms with Crippen LogP contribution in [0, 0.1) is 0 Å². The van der Waals surface area contributed by atoms with E-state index in [9.17, 15) is 19.0 Å². The minimum Gasteiger partial charge on any atom is -0.462 e. The van der Waals surface area contributed by atoms with Crippen molar-refractivity contribution in [2.24, 2.45) is 5.73 Å². The fourth-order valence-electron chi connectivity index (χ4n) is 3.72. The lowest BCUT2D eigenvalue weighted by molar-refractivity contribution is -0.161. The predicted molar refractivity (Wildman–Crippen MR) is 173 cm³/mol. The molecule has 0 saturated carbocycles. The highest BCUT2D eigenvalue weighted by Crippen LogP contribution is 2.43. The average molecular weight is 626 g/mol. The van der Waals surface area contributed by atoms with Crippen molar-refractivity contribution in [1.82, 2.24) is 0 Å². The fourth-order valence-corrected chi connectivity index (χ4v) is 4.49. The number of hydrogen-bond donors (Lipinski definition) is 2. The molecule has 0 radical (unpaired) electrons. The molecule has 2 atom stereocenters. The van der Waals surface area contributed by atoms with Crippen LogP contribution in [-0.4, -0.2) is 49.3 Å². The lowest BCUT2D eigenvalue weighted by Gasteiger charge is -2.19. The molecule has 0 rings (SSSR count). The summed E-state index contributed by atoms with van der Waals surface area (Å²) in [5.74, 6) is -0.928. The van der Waals surface area contributed by atoms with Crippen LogP contribution >= 0.6 is 7.82 Å². The Morgan fingerprint density at radius 1 is 0.721 bits per heavy atom. The Morgan fingerprint density at radius 3 is 1.88 bits per heavy atom. The summed E-state index contributed by atoms with van der Waals surface area (Å²) in [6, 6.07) is 0. The number of carbonyl (C=O) groups is 2. The first-order valence-electron chi connectivity index (χ1n) is 15.8. The van der Waals surface area contributed by atoms with Gasteiger partial charge in [0.1, 0.15) is 6.61 Å². The van der Waals surface area contributed by atoms with Crippen molar-refractivity contribution in [1.29, 1.82) is 0 Å². The van der Waals surface area contributed by atoms with Crippen molar-refractivity contribution in [3.8, 4) is 0 Å². The van der Waals surface area contributed by atoms with Crippen LogP contribution in [0.1, 0.15) is 104 Å². The van der Waals surface area contributed by atoms with Crippen LogP contribution in [0.25, 0.3) is 0 Å². The van der Waals surface area contributed by atoms with E-state index in [2.05, 4.69) is 19.9 Å². The van der Waals surface area contributed by atoms with Crippen LogP contribution in [0.2, 0.25) is 0 Å². The molecule has 0 aliphatic rings. The first-order valence-corrected chi connectivity index (χ1v) is 17.3. The van der Waals surface area contributed by atoms with E-state index >= 15 is 0 Å². The zero-order valence-corrected chi connectivity index (χ0v) is 27.3.